The van der Waals surface area contributed by atoms with Crippen molar-refractivity contribution in [3.8, 4) is 0 Å². The smallest absolute Gasteiger partial charge is 0.265 e. The number of nitrogens with one attached hydrogen (secondary N) is 2. The monoisotopic (exact) mass is 401 g/mol. The minimum absolute atomic E-state index is 0.0791. The van der Waals surface area contributed by atoms with Gasteiger partial charge in [0.15, 0.2) is 0 Å². The third kappa shape index (κ3) is 4.44. The van der Waals surface area contributed by atoms with Crippen molar-refractivity contribution in [3.05, 3.63) is 89.3 Å². The van der Waals surface area contributed by atoms with E-state index in [1.54, 1.807) is 12.1 Å². The van der Waals surface area contributed by atoms with Gasteiger partial charge in [-0.1, -0.05) is 48.5 Å². The third-order valence-electron chi connectivity index (χ3n) is 4.44. The maximum atomic E-state index is 12.6. The number of para-hydroxylation sites is 2. The van der Waals surface area contributed by atoms with E-state index in [9.17, 15) is 9.59 Å². The van der Waals surface area contributed by atoms with E-state index in [-0.39, 0.29) is 11.8 Å². The van der Waals surface area contributed by atoms with Crippen LogP contribution in [0.15, 0.2) is 78.9 Å². The van der Waals surface area contributed by atoms with E-state index in [1.165, 1.54) is 11.3 Å². The molecule has 144 valence electrons. The molecule has 0 aliphatic heterocycles. The minimum atomic E-state index is -0.209. The van der Waals surface area contributed by atoms with Crippen molar-refractivity contribution in [3.63, 3.8) is 0 Å². The predicted octanol–water partition coefficient (Wildman–Crippen LogP) is 4.92. The molecule has 1 aromatic heterocycles. The molecule has 1 heterocycles. The molecule has 0 saturated carbocycles. The van der Waals surface area contributed by atoms with Crippen LogP contribution in [-0.4, -0.2) is 11.8 Å². The van der Waals surface area contributed by atoms with Crippen molar-refractivity contribution >= 4 is 50.3 Å². The number of nitrogen functional groups attached to an aromatic ring is 1. The molecule has 0 aliphatic carbocycles. The van der Waals surface area contributed by atoms with Gasteiger partial charge in [0.2, 0.25) is 5.91 Å². The molecule has 0 atom stereocenters. The molecule has 5 nitrogen and oxygen atoms in total. The molecule has 4 N–H and O–H groups in total. The number of rotatable bonds is 5. The first-order valence-electron chi connectivity index (χ1n) is 9.12. The van der Waals surface area contributed by atoms with Crippen LogP contribution in [0.25, 0.3) is 10.1 Å². The van der Waals surface area contributed by atoms with E-state index >= 15 is 0 Å². The van der Waals surface area contributed by atoms with E-state index in [1.807, 2.05) is 66.7 Å². The molecule has 2 amide bonds. The molecular weight excluding hydrogens is 382 g/mol. The highest BCUT2D eigenvalue weighted by Gasteiger charge is 2.13. The van der Waals surface area contributed by atoms with E-state index in [4.69, 9.17) is 5.73 Å². The summed E-state index contributed by atoms with van der Waals surface area (Å²) in [4.78, 5) is 25.4. The molecule has 29 heavy (non-hydrogen) atoms. The van der Waals surface area contributed by atoms with Gasteiger partial charge in [-0.3, -0.25) is 9.59 Å². The summed E-state index contributed by atoms with van der Waals surface area (Å²) in [6.07, 6.45) is 0.315. The molecule has 0 unspecified atom stereocenters. The van der Waals surface area contributed by atoms with Crippen molar-refractivity contribution < 1.29 is 9.59 Å². The summed E-state index contributed by atoms with van der Waals surface area (Å²) in [5.41, 5.74) is 8.67. The van der Waals surface area contributed by atoms with Crippen molar-refractivity contribution in [2.45, 2.75) is 6.42 Å². The third-order valence-corrected chi connectivity index (χ3v) is 5.54. The number of nitrogens with two attached hydrogens (primary N) is 1. The molecule has 6 heteroatoms. The maximum Gasteiger partial charge on any atom is 0.265 e. The van der Waals surface area contributed by atoms with Gasteiger partial charge in [0.05, 0.1) is 22.7 Å². The summed E-state index contributed by atoms with van der Waals surface area (Å²) in [5, 5.41) is 6.70. The Morgan fingerprint density at radius 1 is 0.862 bits per heavy atom. The topological polar surface area (TPSA) is 84.2 Å². The summed E-state index contributed by atoms with van der Waals surface area (Å²) in [6, 6.07) is 24.2. The Bertz CT molecular complexity index is 1190. The average Bonchev–Trinajstić information content (AvgIpc) is 3.14. The highest BCUT2D eigenvalue weighted by molar-refractivity contribution is 7.21. The highest BCUT2D eigenvalue weighted by Crippen LogP contribution is 2.29. The predicted molar refractivity (Wildman–Crippen MR) is 119 cm³/mol. The van der Waals surface area contributed by atoms with Crippen LogP contribution >= 0.6 is 11.3 Å². The number of amides is 2. The quantitative estimate of drug-likeness (QED) is 0.415. The highest BCUT2D eigenvalue weighted by atomic mass is 32.1. The molecule has 0 aliphatic rings. The van der Waals surface area contributed by atoms with Crippen LogP contribution in [0, 0.1) is 0 Å². The van der Waals surface area contributed by atoms with E-state index < -0.39 is 0 Å². The van der Waals surface area contributed by atoms with Gasteiger partial charge in [0.1, 0.15) is 0 Å². The zero-order chi connectivity index (χ0) is 20.2. The second-order valence-electron chi connectivity index (χ2n) is 6.62. The fourth-order valence-corrected chi connectivity index (χ4v) is 4.00. The van der Waals surface area contributed by atoms with Crippen LogP contribution in [0.3, 0.4) is 0 Å². The molecule has 4 aromatic rings. The Balaban J connectivity index is 1.48. The number of fused-ring (bicyclic) bond motifs is 1. The lowest BCUT2D eigenvalue weighted by Crippen LogP contribution is -2.14. The van der Waals surface area contributed by atoms with Gasteiger partial charge >= 0.3 is 0 Å². The number of hydrogen-bond donors (Lipinski definition) is 3. The lowest BCUT2D eigenvalue weighted by atomic mass is 10.1. The minimum Gasteiger partial charge on any atom is -0.397 e. The summed E-state index contributed by atoms with van der Waals surface area (Å²) in [5.74, 6) is -0.289. The molecule has 0 saturated heterocycles. The molecule has 0 spiro atoms. The van der Waals surface area contributed by atoms with Gasteiger partial charge in [-0.25, -0.2) is 0 Å². The van der Waals surface area contributed by atoms with Crippen molar-refractivity contribution in [1.29, 1.82) is 0 Å². The van der Waals surface area contributed by atoms with Crippen LogP contribution in [0.5, 0.6) is 0 Å². The Hall–Kier alpha value is -3.64. The number of carbonyl (C=O) groups excluding carboxylic acids is 2. The standard InChI is InChI=1S/C23H19N3O2S/c24-18-8-4-5-9-19(18)26-23(28)21-13-16-10-11-17(14-20(16)29-21)25-22(27)12-15-6-2-1-3-7-15/h1-11,13-14H,12,24H2,(H,25,27)(H,26,28). The molecule has 3 aromatic carbocycles. The number of anilines is 3. The van der Waals surface area contributed by atoms with E-state index in [0.29, 0.717) is 28.4 Å². The van der Waals surface area contributed by atoms with Crippen molar-refractivity contribution in [1.82, 2.24) is 0 Å². The van der Waals surface area contributed by atoms with Crippen LogP contribution in [0.1, 0.15) is 15.2 Å². The first-order chi connectivity index (χ1) is 14.1. The SMILES string of the molecule is Nc1ccccc1NC(=O)c1cc2ccc(NC(=O)Cc3ccccc3)cc2s1. The fraction of sp³-hybridized carbons (Fsp3) is 0.0435. The van der Waals surface area contributed by atoms with Crippen molar-refractivity contribution in [2.75, 3.05) is 16.4 Å². The fourth-order valence-electron chi connectivity index (χ4n) is 3.00. The lowest BCUT2D eigenvalue weighted by molar-refractivity contribution is -0.115. The number of benzene rings is 3. The maximum absolute atomic E-state index is 12.6. The molecular formula is C23H19N3O2S. The van der Waals surface area contributed by atoms with Gasteiger partial charge in [-0.05, 0) is 41.3 Å². The van der Waals surface area contributed by atoms with Gasteiger partial charge in [-0.15, -0.1) is 11.3 Å². The summed E-state index contributed by atoms with van der Waals surface area (Å²) in [6.45, 7) is 0. The second kappa shape index (κ2) is 8.16. The molecule has 0 radical (unpaired) electrons. The van der Waals surface area contributed by atoms with Crippen LogP contribution in [-0.2, 0) is 11.2 Å². The van der Waals surface area contributed by atoms with Gasteiger partial charge in [-0.2, -0.15) is 0 Å². The zero-order valence-corrected chi connectivity index (χ0v) is 16.3. The van der Waals surface area contributed by atoms with Gasteiger partial charge in [0, 0.05) is 10.4 Å². The van der Waals surface area contributed by atoms with Crippen LogP contribution in [0.4, 0.5) is 17.1 Å². The van der Waals surface area contributed by atoms with Crippen LogP contribution in [0.2, 0.25) is 0 Å². The normalized spacial score (nSPS) is 10.6. The van der Waals surface area contributed by atoms with E-state index in [2.05, 4.69) is 10.6 Å². The largest absolute Gasteiger partial charge is 0.397 e. The lowest BCUT2D eigenvalue weighted by Gasteiger charge is -2.06. The van der Waals surface area contributed by atoms with E-state index in [0.717, 1.165) is 15.6 Å². The Morgan fingerprint density at radius 2 is 1.62 bits per heavy atom. The van der Waals surface area contributed by atoms with Crippen LogP contribution < -0.4 is 16.4 Å². The Kier molecular flexibility index (Phi) is 5.27. The zero-order valence-electron chi connectivity index (χ0n) is 15.5. The number of thiophene rings is 1. The number of hydrogen-bond acceptors (Lipinski definition) is 4. The van der Waals surface area contributed by atoms with Crippen molar-refractivity contribution in [2.24, 2.45) is 0 Å². The Morgan fingerprint density at radius 3 is 2.41 bits per heavy atom. The number of carbonyl (C=O) groups is 2. The summed E-state index contributed by atoms with van der Waals surface area (Å²) >= 11 is 1.37. The Labute approximate surface area is 172 Å². The van der Waals surface area contributed by atoms with Gasteiger partial charge in [0.25, 0.3) is 5.91 Å². The molecule has 0 fully saturated rings. The first kappa shape index (κ1) is 18.7. The molecule has 4 rings (SSSR count). The summed E-state index contributed by atoms with van der Waals surface area (Å²) < 4.78 is 0.925. The second-order valence-corrected chi connectivity index (χ2v) is 7.70. The summed E-state index contributed by atoms with van der Waals surface area (Å²) in [7, 11) is 0. The molecule has 0 bridgehead atoms. The van der Waals surface area contributed by atoms with Gasteiger partial charge < -0.3 is 16.4 Å². The first-order valence-corrected chi connectivity index (χ1v) is 9.93. The average molecular weight is 401 g/mol.